The number of phenols is 1. The van der Waals surface area contributed by atoms with Crippen LogP contribution in [0.25, 0.3) is 0 Å². The van der Waals surface area contributed by atoms with Gasteiger partial charge < -0.3 is 10.4 Å². The highest BCUT2D eigenvalue weighted by molar-refractivity contribution is 9.10. The number of likely N-dealkylation sites (N-methyl/N-ethyl adjacent to an activating group) is 1. The predicted molar refractivity (Wildman–Crippen MR) is 80.0 cm³/mol. The zero-order valence-electron chi connectivity index (χ0n) is 11.6. The SMILES string of the molecule is CCN(CC(=O)NC(C)C)Cc1cccc(Br)c1O. The molecule has 4 nitrogen and oxygen atoms in total. The molecule has 0 bridgehead atoms. The Morgan fingerprint density at radius 2 is 2.16 bits per heavy atom. The lowest BCUT2D eigenvalue weighted by atomic mass is 10.2. The van der Waals surface area contributed by atoms with Gasteiger partial charge in [-0.05, 0) is 42.4 Å². The van der Waals surface area contributed by atoms with Crippen molar-refractivity contribution in [2.24, 2.45) is 0 Å². The second kappa shape index (κ2) is 7.50. The maximum Gasteiger partial charge on any atom is 0.234 e. The molecule has 19 heavy (non-hydrogen) atoms. The highest BCUT2D eigenvalue weighted by Crippen LogP contribution is 2.28. The highest BCUT2D eigenvalue weighted by atomic mass is 79.9. The number of amides is 1. The van der Waals surface area contributed by atoms with Crippen LogP contribution in [0.15, 0.2) is 22.7 Å². The minimum atomic E-state index is 0.00587. The van der Waals surface area contributed by atoms with Crippen molar-refractivity contribution in [1.29, 1.82) is 0 Å². The van der Waals surface area contributed by atoms with E-state index in [-0.39, 0.29) is 17.7 Å². The molecule has 0 unspecified atom stereocenters. The summed E-state index contributed by atoms with van der Waals surface area (Å²) in [5.74, 6) is 0.247. The second-order valence-corrected chi connectivity index (χ2v) is 5.63. The molecular weight excluding hydrogens is 308 g/mol. The van der Waals surface area contributed by atoms with Gasteiger partial charge in [0.25, 0.3) is 0 Å². The van der Waals surface area contributed by atoms with Crippen LogP contribution in [0.4, 0.5) is 0 Å². The van der Waals surface area contributed by atoms with Gasteiger partial charge in [0.1, 0.15) is 5.75 Å². The van der Waals surface area contributed by atoms with Crippen molar-refractivity contribution in [3.8, 4) is 5.75 Å². The van der Waals surface area contributed by atoms with Crippen LogP contribution < -0.4 is 5.32 Å². The first-order chi connectivity index (χ1) is 8.93. The van der Waals surface area contributed by atoms with Gasteiger partial charge in [0, 0.05) is 18.2 Å². The van der Waals surface area contributed by atoms with Crippen molar-refractivity contribution in [3.63, 3.8) is 0 Å². The molecule has 0 aromatic heterocycles. The number of carbonyl (C=O) groups excluding carboxylic acids is 1. The fourth-order valence-electron chi connectivity index (χ4n) is 1.78. The second-order valence-electron chi connectivity index (χ2n) is 4.77. The number of aromatic hydroxyl groups is 1. The number of hydrogen-bond acceptors (Lipinski definition) is 3. The summed E-state index contributed by atoms with van der Waals surface area (Å²) in [6, 6.07) is 5.68. The van der Waals surface area contributed by atoms with Crippen molar-refractivity contribution in [2.75, 3.05) is 13.1 Å². The van der Waals surface area contributed by atoms with Crippen LogP contribution in [0.3, 0.4) is 0 Å². The van der Waals surface area contributed by atoms with E-state index in [1.165, 1.54) is 0 Å². The van der Waals surface area contributed by atoms with Gasteiger partial charge in [-0.1, -0.05) is 19.1 Å². The number of halogens is 1. The molecule has 0 radical (unpaired) electrons. The van der Waals surface area contributed by atoms with Crippen molar-refractivity contribution in [2.45, 2.75) is 33.4 Å². The van der Waals surface area contributed by atoms with E-state index in [0.29, 0.717) is 17.6 Å². The summed E-state index contributed by atoms with van der Waals surface area (Å²) < 4.78 is 0.674. The minimum absolute atomic E-state index is 0.00587. The van der Waals surface area contributed by atoms with Gasteiger partial charge in [-0.15, -0.1) is 0 Å². The molecule has 0 aliphatic heterocycles. The molecular formula is C14H21BrN2O2. The number of nitrogens with one attached hydrogen (secondary N) is 1. The molecule has 0 aliphatic carbocycles. The first-order valence-electron chi connectivity index (χ1n) is 6.42. The normalized spacial score (nSPS) is 11.1. The lowest BCUT2D eigenvalue weighted by Crippen LogP contribution is -2.39. The van der Waals surface area contributed by atoms with Gasteiger partial charge >= 0.3 is 0 Å². The first-order valence-corrected chi connectivity index (χ1v) is 7.21. The number of benzene rings is 1. The van der Waals surface area contributed by atoms with E-state index in [1.54, 1.807) is 6.07 Å². The molecule has 0 heterocycles. The average Bonchev–Trinajstić information content (AvgIpc) is 2.32. The third-order valence-electron chi connectivity index (χ3n) is 2.73. The summed E-state index contributed by atoms with van der Waals surface area (Å²) in [7, 11) is 0. The average molecular weight is 329 g/mol. The Bertz CT molecular complexity index is 435. The van der Waals surface area contributed by atoms with Gasteiger partial charge in [0.15, 0.2) is 0 Å². The van der Waals surface area contributed by atoms with Crippen LogP contribution in [0.1, 0.15) is 26.3 Å². The van der Waals surface area contributed by atoms with Gasteiger partial charge in [0.05, 0.1) is 11.0 Å². The summed E-state index contributed by atoms with van der Waals surface area (Å²) in [5, 5.41) is 12.8. The Kier molecular flexibility index (Phi) is 6.31. The summed E-state index contributed by atoms with van der Waals surface area (Å²) in [6.07, 6.45) is 0. The number of carbonyl (C=O) groups is 1. The van der Waals surface area contributed by atoms with E-state index in [2.05, 4.69) is 21.2 Å². The van der Waals surface area contributed by atoms with Crippen LogP contribution in [-0.4, -0.2) is 35.0 Å². The summed E-state index contributed by atoms with van der Waals surface area (Å²) in [4.78, 5) is 13.7. The Balaban J connectivity index is 2.66. The van der Waals surface area contributed by atoms with Crippen molar-refractivity contribution >= 4 is 21.8 Å². The van der Waals surface area contributed by atoms with Crippen molar-refractivity contribution < 1.29 is 9.90 Å². The molecule has 0 aliphatic rings. The number of nitrogens with zero attached hydrogens (tertiary/aromatic N) is 1. The predicted octanol–water partition coefficient (Wildman–Crippen LogP) is 2.50. The van der Waals surface area contributed by atoms with E-state index < -0.39 is 0 Å². The molecule has 1 rings (SSSR count). The third-order valence-corrected chi connectivity index (χ3v) is 3.37. The van der Waals surface area contributed by atoms with Gasteiger partial charge in [-0.3, -0.25) is 9.69 Å². The van der Waals surface area contributed by atoms with Crippen LogP contribution in [0.2, 0.25) is 0 Å². The molecule has 1 aromatic carbocycles. The maximum absolute atomic E-state index is 11.7. The largest absolute Gasteiger partial charge is 0.506 e. The molecule has 1 amide bonds. The molecule has 0 saturated heterocycles. The fraction of sp³-hybridized carbons (Fsp3) is 0.500. The Hall–Kier alpha value is -1.07. The number of para-hydroxylation sites is 1. The molecule has 2 N–H and O–H groups in total. The quantitative estimate of drug-likeness (QED) is 0.843. The zero-order chi connectivity index (χ0) is 14.4. The summed E-state index contributed by atoms with van der Waals surface area (Å²) in [5.41, 5.74) is 0.813. The van der Waals surface area contributed by atoms with Crippen LogP contribution in [0, 0.1) is 0 Å². The van der Waals surface area contributed by atoms with Crippen LogP contribution >= 0.6 is 15.9 Å². The van der Waals surface area contributed by atoms with Gasteiger partial charge in [0.2, 0.25) is 5.91 Å². The lowest BCUT2D eigenvalue weighted by Gasteiger charge is -2.21. The number of rotatable bonds is 6. The van der Waals surface area contributed by atoms with E-state index in [0.717, 1.165) is 12.1 Å². The Morgan fingerprint density at radius 3 is 2.74 bits per heavy atom. The van der Waals surface area contributed by atoms with Crippen molar-refractivity contribution in [1.82, 2.24) is 10.2 Å². The van der Waals surface area contributed by atoms with Crippen molar-refractivity contribution in [3.05, 3.63) is 28.2 Å². The maximum atomic E-state index is 11.7. The molecule has 0 atom stereocenters. The van der Waals surface area contributed by atoms with Gasteiger partial charge in [-0.25, -0.2) is 0 Å². The molecule has 5 heteroatoms. The van der Waals surface area contributed by atoms with E-state index in [1.807, 2.05) is 37.8 Å². The Labute approximate surface area is 122 Å². The minimum Gasteiger partial charge on any atom is -0.506 e. The molecule has 0 saturated carbocycles. The van der Waals surface area contributed by atoms with E-state index in [4.69, 9.17) is 0 Å². The lowest BCUT2D eigenvalue weighted by molar-refractivity contribution is -0.122. The van der Waals surface area contributed by atoms with E-state index >= 15 is 0 Å². The van der Waals surface area contributed by atoms with Crippen LogP contribution in [-0.2, 0) is 11.3 Å². The van der Waals surface area contributed by atoms with Crippen LogP contribution in [0.5, 0.6) is 5.75 Å². The zero-order valence-corrected chi connectivity index (χ0v) is 13.2. The topological polar surface area (TPSA) is 52.6 Å². The summed E-state index contributed by atoms with van der Waals surface area (Å²) >= 11 is 3.29. The number of hydrogen-bond donors (Lipinski definition) is 2. The number of phenolic OH excluding ortho intramolecular Hbond substituents is 1. The van der Waals surface area contributed by atoms with Gasteiger partial charge in [-0.2, -0.15) is 0 Å². The van der Waals surface area contributed by atoms with E-state index in [9.17, 15) is 9.90 Å². The molecule has 106 valence electrons. The molecule has 1 aromatic rings. The highest BCUT2D eigenvalue weighted by Gasteiger charge is 2.13. The summed E-state index contributed by atoms with van der Waals surface area (Å²) in [6.45, 7) is 7.51. The first kappa shape index (κ1) is 16.0. The fourth-order valence-corrected chi connectivity index (χ4v) is 2.19. The standard InChI is InChI=1S/C14H21BrN2O2/c1-4-17(9-13(18)16-10(2)3)8-11-6-5-7-12(15)14(11)19/h5-7,10,19H,4,8-9H2,1-3H3,(H,16,18). The monoisotopic (exact) mass is 328 g/mol. The Morgan fingerprint density at radius 1 is 1.47 bits per heavy atom. The molecule has 0 spiro atoms. The molecule has 0 fully saturated rings. The smallest absolute Gasteiger partial charge is 0.234 e. The third kappa shape index (κ3) is 5.20.